The number of nitrogens with one attached hydrogen (secondary N) is 1. The SMILES string of the molecule is CC(=O)NC(C)(C)c1noc(-c2sc(-c3ccc(F)cc3)nc2C)n1. The predicted octanol–water partition coefficient (Wildman–Crippen LogP) is 3.68. The van der Waals surface area contributed by atoms with E-state index in [1.807, 2.05) is 6.92 Å². The number of carbonyl (C=O) groups is 1. The van der Waals surface area contributed by atoms with E-state index >= 15 is 0 Å². The van der Waals surface area contributed by atoms with Crippen molar-refractivity contribution in [1.82, 2.24) is 20.4 Å². The van der Waals surface area contributed by atoms with Gasteiger partial charge in [0, 0.05) is 12.5 Å². The summed E-state index contributed by atoms with van der Waals surface area (Å²) in [6.45, 7) is 6.88. The van der Waals surface area contributed by atoms with E-state index in [-0.39, 0.29) is 11.7 Å². The molecule has 0 atom stereocenters. The summed E-state index contributed by atoms with van der Waals surface area (Å²) in [7, 11) is 0. The molecule has 6 nitrogen and oxygen atoms in total. The van der Waals surface area contributed by atoms with Crippen LogP contribution in [0, 0.1) is 12.7 Å². The lowest BCUT2D eigenvalue weighted by Gasteiger charge is -2.20. The van der Waals surface area contributed by atoms with Crippen molar-refractivity contribution in [3.63, 3.8) is 0 Å². The van der Waals surface area contributed by atoms with E-state index in [2.05, 4.69) is 20.4 Å². The molecule has 0 spiro atoms. The molecule has 130 valence electrons. The molecule has 0 saturated heterocycles. The summed E-state index contributed by atoms with van der Waals surface area (Å²) in [6, 6.07) is 6.14. The molecule has 8 heteroatoms. The van der Waals surface area contributed by atoms with E-state index in [1.165, 1.54) is 30.4 Å². The van der Waals surface area contributed by atoms with Crippen LogP contribution >= 0.6 is 11.3 Å². The minimum absolute atomic E-state index is 0.177. The zero-order valence-electron chi connectivity index (χ0n) is 14.3. The van der Waals surface area contributed by atoms with Gasteiger partial charge in [-0.25, -0.2) is 9.37 Å². The molecule has 0 radical (unpaired) electrons. The van der Waals surface area contributed by atoms with Crippen LogP contribution in [0.3, 0.4) is 0 Å². The van der Waals surface area contributed by atoms with Crippen molar-refractivity contribution in [3.05, 3.63) is 41.6 Å². The Morgan fingerprint density at radius 1 is 1.24 bits per heavy atom. The third-order valence-corrected chi connectivity index (χ3v) is 4.75. The zero-order chi connectivity index (χ0) is 18.2. The van der Waals surface area contributed by atoms with E-state index in [4.69, 9.17) is 4.52 Å². The third-order valence-electron chi connectivity index (χ3n) is 3.56. The summed E-state index contributed by atoms with van der Waals surface area (Å²) in [6.07, 6.45) is 0. The highest BCUT2D eigenvalue weighted by atomic mass is 32.1. The van der Waals surface area contributed by atoms with E-state index in [0.29, 0.717) is 11.7 Å². The Kier molecular flexibility index (Phi) is 4.38. The van der Waals surface area contributed by atoms with Crippen LogP contribution in [0.1, 0.15) is 32.3 Å². The predicted molar refractivity (Wildman–Crippen MR) is 92.4 cm³/mol. The summed E-state index contributed by atoms with van der Waals surface area (Å²) in [5.41, 5.74) is 0.822. The number of aromatic nitrogens is 3. The molecule has 25 heavy (non-hydrogen) atoms. The highest BCUT2D eigenvalue weighted by Crippen LogP contribution is 2.35. The summed E-state index contributed by atoms with van der Waals surface area (Å²) in [5.74, 6) is 0.258. The summed E-state index contributed by atoms with van der Waals surface area (Å²) in [4.78, 5) is 21.0. The molecule has 3 aromatic rings. The van der Waals surface area contributed by atoms with Crippen LogP contribution in [-0.2, 0) is 10.3 Å². The Balaban J connectivity index is 1.93. The monoisotopic (exact) mass is 360 g/mol. The smallest absolute Gasteiger partial charge is 0.270 e. The lowest BCUT2D eigenvalue weighted by Crippen LogP contribution is -2.40. The summed E-state index contributed by atoms with van der Waals surface area (Å²) < 4.78 is 18.4. The van der Waals surface area contributed by atoms with Crippen molar-refractivity contribution < 1.29 is 13.7 Å². The average Bonchev–Trinajstić information content (AvgIpc) is 3.13. The second-order valence-corrected chi connectivity index (χ2v) is 7.17. The Morgan fingerprint density at radius 3 is 2.56 bits per heavy atom. The zero-order valence-corrected chi connectivity index (χ0v) is 15.1. The Labute approximate surface area is 148 Å². The topological polar surface area (TPSA) is 80.9 Å². The number of carbonyl (C=O) groups excluding carboxylic acids is 1. The maximum Gasteiger partial charge on any atom is 0.270 e. The van der Waals surface area contributed by atoms with Crippen molar-refractivity contribution in [2.75, 3.05) is 0 Å². The molecule has 3 rings (SSSR count). The average molecular weight is 360 g/mol. The molecule has 2 aromatic heterocycles. The van der Waals surface area contributed by atoms with Crippen molar-refractivity contribution >= 4 is 17.2 Å². The second kappa shape index (κ2) is 6.36. The van der Waals surface area contributed by atoms with Gasteiger partial charge in [0.25, 0.3) is 5.89 Å². The minimum Gasteiger partial charge on any atom is -0.344 e. The van der Waals surface area contributed by atoms with Gasteiger partial charge in [-0.15, -0.1) is 11.3 Å². The van der Waals surface area contributed by atoms with Crippen molar-refractivity contribution in [3.8, 4) is 21.3 Å². The lowest BCUT2D eigenvalue weighted by atomic mass is 10.1. The maximum absolute atomic E-state index is 13.1. The first kappa shape index (κ1) is 17.2. The Hall–Kier alpha value is -2.61. The normalized spacial score (nSPS) is 11.6. The van der Waals surface area contributed by atoms with E-state index in [9.17, 15) is 9.18 Å². The molecule has 0 aliphatic carbocycles. The highest BCUT2D eigenvalue weighted by Gasteiger charge is 2.28. The number of nitrogens with zero attached hydrogens (tertiary/aromatic N) is 3. The fourth-order valence-corrected chi connectivity index (χ4v) is 3.37. The molecule has 2 heterocycles. The van der Waals surface area contributed by atoms with Gasteiger partial charge in [-0.1, -0.05) is 5.16 Å². The van der Waals surface area contributed by atoms with Crippen molar-refractivity contribution in [2.24, 2.45) is 0 Å². The van der Waals surface area contributed by atoms with Gasteiger partial charge in [-0.3, -0.25) is 4.79 Å². The minimum atomic E-state index is -0.744. The second-order valence-electron chi connectivity index (χ2n) is 6.17. The Morgan fingerprint density at radius 2 is 1.92 bits per heavy atom. The van der Waals surface area contributed by atoms with Crippen LogP contribution < -0.4 is 5.32 Å². The van der Waals surface area contributed by atoms with E-state index < -0.39 is 5.54 Å². The van der Waals surface area contributed by atoms with Crippen LogP contribution in [0.4, 0.5) is 4.39 Å². The number of amides is 1. The van der Waals surface area contributed by atoms with Gasteiger partial charge in [0.1, 0.15) is 15.7 Å². The lowest BCUT2D eigenvalue weighted by molar-refractivity contribution is -0.120. The van der Waals surface area contributed by atoms with Crippen molar-refractivity contribution in [1.29, 1.82) is 0 Å². The molecule has 0 aliphatic rings. The fourth-order valence-electron chi connectivity index (χ4n) is 2.38. The third kappa shape index (κ3) is 3.58. The Bertz CT molecular complexity index is 915. The number of hydrogen-bond acceptors (Lipinski definition) is 6. The molecular weight excluding hydrogens is 343 g/mol. The molecule has 1 aromatic carbocycles. The van der Waals surface area contributed by atoms with Gasteiger partial charge in [0.2, 0.25) is 5.91 Å². The molecule has 0 saturated carbocycles. The molecule has 1 amide bonds. The first-order chi connectivity index (χ1) is 11.8. The molecule has 1 N–H and O–H groups in total. The molecular formula is C17H17FN4O2S. The number of benzene rings is 1. The fraction of sp³-hybridized carbons (Fsp3) is 0.294. The van der Waals surface area contributed by atoms with Crippen LogP contribution in [0.15, 0.2) is 28.8 Å². The highest BCUT2D eigenvalue weighted by molar-refractivity contribution is 7.18. The number of thiazole rings is 1. The van der Waals surface area contributed by atoms with Crippen LogP contribution in [-0.4, -0.2) is 21.0 Å². The van der Waals surface area contributed by atoms with Gasteiger partial charge in [-0.2, -0.15) is 4.98 Å². The first-order valence-electron chi connectivity index (χ1n) is 7.63. The molecule has 0 aliphatic heterocycles. The van der Waals surface area contributed by atoms with E-state index in [1.54, 1.807) is 26.0 Å². The van der Waals surface area contributed by atoms with Crippen molar-refractivity contribution in [2.45, 2.75) is 33.2 Å². The van der Waals surface area contributed by atoms with Gasteiger partial charge < -0.3 is 9.84 Å². The molecule has 0 fully saturated rings. The quantitative estimate of drug-likeness (QED) is 0.768. The number of hydrogen-bond donors (Lipinski definition) is 1. The van der Waals surface area contributed by atoms with Crippen LogP contribution in [0.2, 0.25) is 0 Å². The van der Waals surface area contributed by atoms with E-state index in [0.717, 1.165) is 21.1 Å². The standard InChI is InChI=1S/C17H17FN4O2S/c1-9-13(25-15(19-9)11-5-7-12(18)8-6-11)14-20-16(22-24-14)17(3,4)21-10(2)23/h5-8H,1-4H3,(H,21,23). The van der Waals surface area contributed by atoms with Gasteiger partial charge in [-0.05, 0) is 45.0 Å². The first-order valence-corrected chi connectivity index (χ1v) is 8.44. The maximum atomic E-state index is 13.1. The van der Waals surface area contributed by atoms with Crippen LogP contribution in [0.25, 0.3) is 21.3 Å². The van der Waals surface area contributed by atoms with Crippen LogP contribution in [0.5, 0.6) is 0 Å². The summed E-state index contributed by atoms with van der Waals surface area (Å²) in [5, 5.41) is 7.50. The van der Waals surface area contributed by atoms with Gasteiger partial charge in [0.15, 0.2) is 5.82 Å². The van der Waals surface area contributed by atoms with Gasteiger partial charge >= 0.3 is 0 Å². The number of aryl methyl sites for hydroxylation is 1. The number of halogens is 1. The molecule has 0 bridgehead atoms. The number of rotatable bonds is 4. The summed E-state index contributed by atoms with van der Waals surface area (Å²) >= 11 is 1.39. The largest absolute Gasteiger partial charge is 0.344 e. The van der Waals surface area contributed by atoms with Gasteiger partial charge in [0.05, 0.1) is 11.2 Å². The molecule has 0 unspecified atom stereocenters.